The normalized spacial score (nSPS) is 10.3. The van der Waals surface area contributed by atoms with Crippen LogP contribution in [0, 0.1) is 6.92 Å². The van der Waals surface area contributed by atoms with Gasteiger partial charge in [-0.15, -0.1) is 0 Å². The predicted octanol–water partition coefficient (Wildman–Crippen LogP) is 4.11. The van der Waals surface area contributed by atoms with E-state index < -0.39 is 0 Å². The smallest absolute Gasteiger partial charge is 0.224 e. The fourth-order valence-corrected chi connectivity index (χ4v) is 2.00. The van der Waals surface area contributed by atoms with Crippen LogP contribution >= 0.6 is 15.9 Å². The number of anilines is 3. The largest absolute Gasteiger partial charge is 0.354 e. The van der Waals surface area contributed by atoms with Gasteiger partial charge >= 0.3 is 0 Å². The molecule has 1 aromatic heterocycles. The predicted molar refractivity (Wildman–Crippen MR) is 83.0 cm³/mol. The zero-order chi connectivity index (χ0) is 13.7. The van der Waals surface area contributed by atoms with Crippen LogP contribution in [0.3, 0.4) is 0 Å². The highest BCUT2D eigenvalue weighted by atomic mass is 79.9. The zero-order valence-electron chi connectivity index (χ0n) is 11.1. The molecule has 0 aliphatic carbocycles. The Morgan fingerprint density at radius 2 is 2.11 bits per heavy atom. The SMILES string of the molecule is CCCNc1nccc(Nc2cccc(C)c2Br)n1. The highest BCUT2D eigenvalue weighted by Crippen LogP contribution is 2.28. The van der Waals surface area contributed by atoms with Crippen molar-refractivity contribution in [1.29, 1.82) is 0 Å². The monoisotopic (exact) mass is 320 g/mol. The molecule has 0 amide bonds. The standard InChI is InChI=1S/C14H17BrN4/c1-3-8-16-14-17-9-7-12(19-14)18-11-6-4-5-10(2)13(11)15/h4-7,9H,3,8H2,1-2H3,(H2,16,17,18,19). The molecule has 0 unspecified atom stereocenters. The Balaban J connectivity index is 2.16. The van der Waals surface area contributed by atoms with Gasteiger partial charge in [-0.1, -0.05) is 19.1 Å². The molecule has 2 N–H and O–H groups in total. The summed E-state index contributed by atoms with van der Waals surface area (Å²) in [4.78, 5) is 8.61. The molecule has 1 heterocycles. The van der Waals surface area contributed by atoms with Crippen LogP contribution in [0.5, 0.6) is 0 Å². The van der Waals surface area contributed by atoms with Crippen molar-refractivity contribution in [3.63, 3.8) is 0 Å². The number of nitrogens with one attached hydrogen (secondary N) is 2. The number of aromatic nitrogens is 2. The summed E-state index contributed by atoms with van der Waals surface area (Å²) in [5.41, 5.74) is 2.18. The molecule has 5 heteroatoms. The molecule has 2 aromatic rings. The van der Waals surface area contributed by atoms with E-state index in [1.165, 1.54) is 5.56 Å². The van der Waals surface area contributed by atoms with Crippen molar-refractivity contribution >= 4 is 33.4 Å². The van der Waals surface area contributed by atoms with Gasteiger partial charge in [-0.3, -0.25) is 0 Å². The fourth-order valence-electron chi connectivity index (χ4n) is 1.63. The Labute approximate surface area is 121 Å². The number of hydrogen-bond donors (Lipinski definition) is 2. The lowest BCUT2D eigenvalue weighted by molar-refractivity contribution is 0.953. The summed E-state index contributed by atoms with van der Waals surface area (Å²) in [5, 5.41) is 6.46. The molecule has 0 atom stereocenters. The third kappa shape index (κ3) is 3.67. The first-order valence-corrected chi connectivity index (χ1v) is 7.09. The summed E-state index contributed by atoms with van der Waals surface area (Å²) in [5.74, 6) is 1.43. The zero-order valence-corrected chi connectivity index (χ0v) is 12.7. The Bertz CT molecular complexity index is 557. The van der Waals surface area contributed by atoms with Crippen molar-refractivity contribution in [2.45, 2.75) is 20.3 Å². The average Bonchev–Trinajstić information content (AvgIpc) is 2.42. The van der Waals surface area contributed by atoms with E-state index in [-0.39, 0.29) is 0 Å². The maximum Gasteiger partial charge on any atom is 0.224 e. The van der Waals surface area contributed by atoms with Crippen molar-refractivity contribution in [2.24, 2.45) is 0 Å². The van der Waals surface area contributed by atoms with Gasteiger partial charge in [0.2, 0.25) is 5.95 Å². The van der Waals surface area contributed by atoms with Gasteiger partial charge in [0.25, 0.3) is 0 Å². The molecule has 0 fully saturated rings. The molecule has 0 saturated carbocycles. The van der Waals surface area contributed by atoms with Crippen LogP contribution in [-0.4, -0.2) is 16.5 Å². The van der Waals surface area contributed by atoms with Crippen LogP contribution in [0.15, 0.2) is 34.9 Å². The van der Waals surface area contributed by atoms with Crippen LogP contribution in [-0.2, 0) is 0 Å². The van der Waals surface area contributed by atoms with Gasteiger partial charge < -0.3 is 10.6 Å². The third-order valence-electron chi connectivity index (χ3n) is 2.64. The lowest BCUT2D eigenvalue weighted by Crippen LogP contribution is -2.05. The number of hydrogen-bond acceptors (Lipinski definition) is 4. The first kappa shape index (κ1) is 13.8. The molecular formula is C14H17BrN4. The van der Waals surface area contributed by atoms with Crippen molar-refractivity contribution < 1.29 is 0 Å². The molecule has 0 spiro atoms. The first-order chi connectivity index (χ1) is 9.20. The Morgan fingerprint density at radius 1 is 1.26 bits per heavy atom. The second-order valence-electron chi connectivity index (χ2n) is 4.25. The van der Waals surface area contributed by atoms with Gasteiger partial charge in [-0.25, -0.2) is 4.98 Å². The molecule has 2 rings (SSSR count). The summed E-state index contributed by atoms with van der Waals surface area (Å²) < 4.78 is 1.05. The van der Waals surface area contributed by atoms with Crippen molar-refractivity contribution in [1.82, 2.24) is 9.97 Å². The number of nitrogens with zero attached hydrogens (tertiary/aromatic N) is 2. The minimum atomic E-state index is 0.649. The van der Waals surface area contributed by atoms with E-state index in [0.29, 0.717) is 5.95 Å². The first-order valence-electron chi connectivity index (χ1n) is 6.29. The van der Waals surface area contributed by atoms with Crippen LogP contribution < -0.4 is 10.6 Å². The molecule has 4 nitrogen and oxygen atoms in total. The molecule has 0 radical (unpaired) electrons. The van der Waals surface area contributed by atoms with Crippen LogP contribution in [0.4, 0.5) is 17.5 Å². The second kappa shape index (κ2) is 6.52. The lowest BCUT2D eigenvalue weighted by Gasteiger charge is -2.10. The minimum absolute atomic E-state index is 0.649. The van der Waals surface area contributed by atoms with Gasteiger partial charge in [0.05, 0.1) is 5.69 Å². The molecule has 100 valence electrons. The van der Waals surface area contributed by atoms with Gasteiger partial charge in [0.1, 0.15) is 5.82 Å². The third-order valence-corrected chi connectivity index (χ3v) is 3.70. The van der Waals surface area contributed by atoms with E-state index in [2.05, 4.69) is 56.4 Å². The number of rotatable bonds is 5. The number of halogens is 1. The van der Waals surface area contributed by atoms with Crippen LogP contribution in [0.1, 0.15) is 18.9 Å². The maximum atomic E-state index is 4.42. The number of benzene rings is 1. The highest BCUT2D eigenvalue weighted by molar-refractivity contribution is 9.10. The number of aryl methyl sites for hydroxylation is 1. The summed E-state index contributed by atoms with van der Waals surface area (Å²) in [6, 6.07) is 7.94. The minimum Gasteiger partial charge on any atom is -0.354 e. The average molecular weight is 321 g/mol. The Hall–Kier alpha value is -1.62. The van der Waals surface area contributed by atoms with Gasteiger partial charge in [0.15, 0.2) is 0 Å². The van der Waals surface area contributed by atoms with Gasteiger partial charge in [-0.2, -0.15) is 4.98 Å². The molecule has 1 aromatic carbocycles. The van der Waals surface area contributed by atoms with E-state index in [4.69, 9.17) is 0 Å². The van der Waals surface area contributed by atoms with Crippen molar-refractivity contribution in [3.05, 3.63) is 40.5 Å². The van der Waals surface area contributed by atoms with E-state index in [1.807, 2.05) is 18.2 Å². The van der Waals surface area contributed by atoms with E-state index in [1.54, 1.807) is 6.20 Å². The summed E-state index contributed by atoms with van der Waals surface area (Å²) in [6.45, 7) is 5.04. The molecule has 0 aliphatic heterocycles. The van der Waals surface area contributed by atoms with E-state index >= 15 is 0 Å². The topological polar surface area (TPSA) is 49.8 Å². The Kier molecular flexibility index (Phi) is 4.74. The molecular weight excluding hydrogens is 304 g/mol. The summed E-state index contributed by atoms with van der Waals surface area (Å²) in [7, 11) is 0. The second-order valence-corrected chi connectivity index (χ2v) is 5.05. The summed E-state index contributed by atoms with van der Waals surface area (Å²) >= 11 is 3.58. The van der Waals surface area contributed by atoms with E-state index in [0.717, 1.165) is 28.9 Å². The molecule has 19 heavy (non-hydrogen) atoms. The lowest BCUT2D eigenvalue weighted by atomic mass is 10.2. The van der Waals surface area contributed by atoms with Crippen LogP contribution in [0.25, 0.3) is 0 Å². The van der Waals surface area contributed by atoms with Crippen molar-refractivity contribution in [2.75, 3.05) is 17.2 Å². The summed E-state index contributed by atoms with van der Waals surface area (Å²) in [6.07, 6.45) is 2.79. The molecule has 0 saturated heterocycles. The quantitative estimate of drug-likeness (QED) is 0.870. The van der Waals surface area contributed by atoms with Gasteiger partial charge in [0, 0.05) is 17.2 Å². The van der Waals surface area contributed by atoms with Crippen LogP contribution in [0.2, 0.25) is 0 Å². The van der Waals surface area contributed by atoms with Gasteiger partial charge in [-0.05, 0) is 47.0 Å². The molecule has 0 aliphatic rings. The highest BCUT2D eigenvalue weighted by Gasteiger charge is 2.04. The fraction of sp³-hybridized carbons (Fsp3) is 0.286. The van der Waals surface area contributed by atoms with Crippen molar-refractivity contribution in [3.8, 4) is 0 Å². The Morgan fingerprint density at radius 3 is 2.89 bits per heavy atom. The van der Waals surface area contributed by atoms with E-state index in [9.17, 15) is 0 Å². The molecule has 0 bridgehead atoms. The maximum absolute atomic E-state index is 4.42.